The van der Waals surface area contributed by atoms with Crippen LogP contribution in [-0.2, 0) is 21.3 Å². The number of amidine groups is 1. The molecule has 1 aromatic rings. The van der Waals surface area contributed by atoms with Gasteiger partial charge in [0.25, 0.3) is 0 Å². The Morgan fingerprint density at radius 1 is 1.36 bits per heavy atom. The second-order valence-electron chi connectivity index (χ2n) is 5.77. The molecule has 1 aromatic carbocycles. The first-order valence-corrected chi connectivity index (χ1v) is 11.2. The maximum Gasteiger partial charge on any atom is 0.305 e. The van der Waals surface area contributed by atoms with E-state index < -0.39 is 6.57 Å². The Labute approximate surface area is 155 Å². The first-order chi connectivity index (χ1) is 11.9. The van der Waals surface area contributed by atoms with E-state index in [0.717, 1.165) is 12.1 Å². The lowest BCUT2D eigenvalue weighted by atomic mass is 10.1. The van der Waals surface area contributed by atoms with E-state index in [9.17, 15) is 9.69 Å². The lowest BCUT2D eigenvalue weighted by Crippen LogP contribution is -2.22. The Bertz CT molecular complexity index is 610. The number of anilines is 1. The second-order valence-corrected chi connectivity index (χ2v) is 8.90. The van der Waals surface area contributed by atoms with Crippen molar-refractivity contribution in [3.63, 3.8) is 0 Å². The minimum Gasteiger partial charge on any atom is -0.469 e. The molecule has 8 heteroatoms. The minimum absolute atomic E-state index is 0.149. The highest BCUT2D eigenvalue weighted by Crippen LogP contribution is 2.38. The van der Waals surface area contributed by atoms with Crippen molar-refractivity contribution in [2.24, 2.45) is 10.7 Å². The van der Waals surface area contributed by atoms with Gasteiger partial charge in [0.15, 0.2) is 0 Å². The molecule has 140 valence electrons. The van der Waals surface area contributed by atoms with Crippen LogP contribution in [0.2, 0.25) is 0 Å². The maximum absolute atomic E-state index is 11.1. The Morgan fingerprint density at radius 3 is 2.64 bits per heavy atom. The van der Waals surface area contributed by atoms with E-state index in [0.29, 0.717) is 31.6 Å². The van der Waals surface area contributed by atoms with Crippen LogP contribution in [0.3, 0.4) is 0 Å². The molecule has 6 nitrogen and oxygen atoms in total. The standard InChI is InChI=1S/C17H28N3O3PS/c1-4-14(2)17(19-15-10-6-5-7-11-15)20-24(22,25)18-13-9-8-12-16(21)23-3/h5-7,10-11,14H,4,8-9,12-13H2,1-3H3,(H3,18,19,20,22,25)/t14-,24?/m0/s1. The quantitative estimate of drug-likeness (QED) is 0.187. The van der Waals surface area contributed by atoms with Crippen molar-refractivity contribution < 1.29 is 14.4 Å². The maximum atomic E-state index is 11.1. The van der Waals surface area contributed by atoms with Crippen LogP contribution in [0.25, 0.3) is 0 Å². The van der Waals surface area contributed by atoms with Crippen LogP contribution in [0.1, 0.15) is 39.5 Å². The zero-order valence-electron chi connectivity index (χ0n) is 15.1. The number of carbonyl (C=O) groups excluding carboxylic acids is 1. The molecular formula is C17H28N3O3PS. The van der Waals surface area contributed by atoms with Crippen LogP contribution in [0, 0.1) is 5.92 Å². The van der Waals surface area contributed by atoms with Gasteiger partial charge in [-0.2, -0.15) is 4.76 Å². The molecule has 0 aliphatic carbocycles. The van der Waals surface area contributed by atoms with Gasteiger partial charge in [0.05, 0.1) is 7.11 Å². The van der Waals surface area contributed by atoms with E-state index in [2.05, 4.69) is 26.8 Å². The topological polar surface area (TPSA) is 83.0 Å². The van der Waals surface area contributed by atoms with Crippen LogP contribution in [0.4, 0.5) is 5.69 Å². The van der Waals surface area contributed by atoms with Gasteiger partial charge >= 0.3 is 5.97 Å². The number of methoxy groups -OCH3 is 1. The zero-order chi connectivity index (χ0) is 18.7. The number of esters is 1. The lowest BCUT2D eigenvalue weighted by Gasteiger charge is -2.19. The molecule has 0 fully saturated rings. The van der Waals surface area contributed by atoms with E-state index in [-0.39, 0.29) is 11.9 Å². The fourth-order valence-electron chi connectivity index (χ4n) is 2.01. The Morgan fingerprint density at radius 2 is 2.04 bits per heavy atom. The first kappa shape index (κ1) is 21.8. The number of hydrogen-bond donors (Lipinski definition) is 3. The van der Waals surface area contributed by atoms with Crippen molar-refractivity contribution in [2.75, 3.05) is 19.0 Å². The monoisotopic (exact) mass is 385 g/mol. The molecule has 0 amide bonds. The van der Waals surface area contributed by atoms with Crippen molar-refractivity contribution in [1.82, 2.24) is 5.09 Å². The second kappa shape index (κ2) is 11.4. The molecule has 0 aliphatic rings. The summed E-state index contributed by atoms with van der Waals surface area (Å²) in [5.41, 5.74) is 0.912. The molecule has 0 bridgehead atoms. The molecule has 0 aliphatic heterocycles. The lowest BCUT2D eigenvalue weighted by molar-refractivity contribution is -0.140. The van der Waals surface area contributed by atoms with Gasteiger partial charge in [-0.15, -0.1) is 0 Å². The molecule has 0 spiro atoms. The molecule has 1 rings (SSSR count). The average molecular weight is 385 g/mol. The Balaban J connectivity index is 2.64. The molecule has 2 atom stereocenters. The van der Waals surface area contributed by atoms with Gasteiger partial charge < -0.3 is 14.9 Å². The summed E-state index contributed by atoms with van der Waals surface area (Å²) in [5.74, 6) is 0.602. The van der Waals surface area contributed by atoms with E-state index in [1.165, 1.54) is 7.11 Å². The van der Waals surface area contributed by atoms with Gasteiger partial charge in [0.1, 0.15) is 5.84 Å². The van der Waals surface area contributed by atoms with Crippen molar-refractivity contribution in [3.8, 4) is 0 Å². The van der Waals surface area contributed by atoms with E-state index in [4.69, 9.17) is 11.8 Å². The molecule has 1 unspecified atom stereocenters. The molecule has 0 saturated heterocycles. The summed E-state index contributed by atoms with van der Waals surface area (Å²) in [6.45, 7) is 1.58. The highest BCUT2D eigenvalue weighted by atomic mass is 32.4. The first-order valence-electron chi connectivity index (χ1n) is 8.45. The molecule has 0 aromatic heterocycles. The van der Waals surface area contributed by atoms with Gasteiger partial charge in [-0.1, -0.05) is 32.0 Å². The van der Waals surface area contributed by atoms with E-state index in [1.807, 2.05) is 37.3 Å². The number of para-hydroxylation sites is 1. The summed E-state index contributed by atoms with van der Waals surface area (Å²) in [4.78, 5) is 21.5. The largest absolute Gasteiger partial charge is 0.469 e. The number of nitrogens with zero attached hydrogens (tertiary/aromatic N) is 1. The number of rotatable bonds is 10. The highest BCUT2D eigenvalue weighted by Gasteiger charge is 2.16. The number of unbranched alkanes of at least 4 members (excludes halogenated alkanes) is 1. The normalized spacial score (nSPS) is 15.3. The number of ether oxygens (including phenoxy) is 1. The summed E-state index contributed by atoms with van der Waals surface area (Å²) >= 11 is 5.26. The van der Waals surface area contributed by atoms with Gasteiger partial charge in [0.2, 0.25) is 6.57 Å². The Hall–Kier alpha value is -1.27. The summed E-state index contributed by atoms with van der Waals surface area (Å²) in [6, 6.07) is 9.70. The summed E-state index contributed by atoms with van der Waals surface area (Å²) in [7, 11) is 1.37. The van der Waals surface area contributed by atoms with Crippen molar-refractivity contribution >= 4 is 35.9 Å². The summed E-state index contributed by atoms with van der Waals surface area (Å²) in [6.07, 6.45) is 2.64. The average Bonchev–Trinajstić information content (AvgIpc) is 2.60. The smallest absolute Gasteiger partial charge is 0.305 e. The van der Waals surface area contributed by atoms with Crippen LogP contribution in [0.5, 0.6) is 0 Å². The van der Waals surface area contributed by atoms with Crippen molar-refractivity contribution in [3.05, 3.63) is 30.3 Å². The van der Waals surface area contributed by atoms with Crippen molar-refractivity contribution in [2.45, 2.75) is 39.5 Å². The number of benzene rings is 1. The van der Waals surface area contributed by atoms with Crippen LogP contribution >= 0.6 is 6.57 Å². The zero-order valence-corrected chi connectivity index (χ0v) is 16.8. The number of nitrogens with one attached hydrogen (secondary N) is 2. The van der Waals surface area contributed by atoms with Gasteiger partial charge in [-0.3, -0.25) is 4.79 Å². The molecule has 0 heterocycles. The molecule has 0 saturated carbocycles. The fourth-order valence-corrected chi connectivity index (χ4v) is 3.61. The van der Waals surface area contributed by atoms with Crippen LogP contribution < -0.4 is 10.4 Å². The van der Waals surface area contributed by atoms with E-state index >= 15 is 0 Å². The Kier molecular flexibility index (Phi) is 9.90. The van der Waals surface area contributed by atoms with E-state index in [1.54, 1.807) is 0 Å². The predicted molar refractivity (Wildman–Crippen MR) is 107 cm³/mol. The number of carbonyl (C=O) groups is 1. The predicted octanol–water partition coefficient (Wildman–Crippen LogP) is 3.69. The van der Waals surface area contributed by atoms with Crippen LogP contribution in [0.15, 0.2) is 35.1 Å². The van der Waals surface area contributed by atoms with Crippen molar-refractivity contribution in [1.29, 1.82) is 0 Å². The third kappa shape index (κ3) is 9.12. The van der Waals surface area contributed by atoms with Gasteiger partial charge in [-0.05, 0) is 43.2 Å². The molecule has 0 radical (unpaired) electrons. The van der Waals surface area contributed by atoms with Crippen LogP contribution in [-0.4, -0.2) is 30.4 Å². The SMILES string of the molecule is CC[C@H](C)C(=NP(O)(=S)NCCCCC(=O)OC)Nc1ccccc1. The van der Waals surface area contributed by atoms with Gasteiger partial charge in [0, 0.05) is 24.6 Å². The fraction of sp³-hybridized carbons (Fsp3) is 0.529. The third-order valence-corrected chi connectivity index (χ3v) is 5.48. The number of hydrogen-bond acceptors (Lipinski definition) is 3. The third-order valence-electron chi connectivity index (χ3n) is 3.72. The highest BCUT2D eigenvalue weighted by molar-refractivity contribution is 8.10. The molecule has 25 heavy (non-hydrogen) atoms. The molecular weight excluding hydrogens is 357 g/mol. The van der Waals surface area contributed by atoms with Gasteiger partial charge in [-0.25, -0.2) is 5.09 Å². The summed E-state index contributed by atoms with van der Waals surface area (Å²) < 4.78 is 9.00. The molecule has 3 N–H and O–H groups in total. The minimum atomic E-state index is -3.03. The summed E-state index contributed by atoms with van der Waals surface area (Å²) in [5, 5.41) is 6.21.